The molecule has 1 aromatic heterocycles. The molecule has 6 heteroatoms. The molecule has 0 bridgehead atoms. The fraction of sp³-hybridized carbons (Fsp3) is 0.308. The Kier molecular flexibility index (Phi) is 3.33. The number of aryl methyl sites for hydroxylation is 1. The molecule has 1 N–H and O–H groups in total. The van der Waals surface area contributed by atoms with E-state index in [9.17, 15) is 9.18 Å². The molecule has 5 nitrogen and oxygen atoms in total. The largest absolute Gasteiger partial charge is 0.342 e. The molecular formula is C13H15FN4O. The number of rotatable bonds is 3. The number of carbonyl (C=O) groups excluding carboxylic acids is 1. The zero-order valence-electron chi connectivity index (χ0n) is 11.0. The molecule has 0 atom stereocenters. The topological polar surface area (TPSA) is 59.8 Å². The van der Waals surface area contributed by atoms with E-state index in [0.717, 1.165) is 0 Å². The number of nitrogens with one attached hydrogen (secondary N) is 1. The van der Waals surface area contributed by atoms with Gasteiger partial charge in [-0.05, 0) is 31.5 Å². The van der Waals surface area contributed by atoms with Gasteiger partial charge in [0.1, 0.15) is 5.82 Å². The Balaban J connectivity index is 2.19. The third kappa shape index (κ3) is 2.96. The van der Waals surface area contributed by atoms with E-state index in [2.05, 4.69) is 15.6 Å². The van der Waals surface area contributed by atoms with Gasteiger partial charge in [0, 0.05) is 7.05 Å². The van der Waals surface area contributed by atoms with E-state index >= 15 is 0 Å². The lowest BCUT2D eigenvalue weighted by atomic mass is 9.94. The highest BCUT2D eigenvalue weighted by Crippen LogP contribution is 2.21. The molecule has 0 saturated heterocycles. The van der Waals surface area contributed by atoms with Crippen LogP contribution in [-0.4, -0.2) is 20.9 Å². The van der Waals surface area contributed by atoms with Crippen LogP contribution in [0.2, 0.25) is 0 Å². The van der Waals surface area contributed by atoms with Crippen LogP contribution in [0.25, 0.3) is 0 Å². The summed E-state index contributed by atoms with van der Waals surface area (Å²) in [6, 6.07) is 6.14. The van der Waals surface area contributed by atoms with Crippen LogP contribution in [0, 0.1) is 5.82 Å². The van der Waals surface area contributed by atoms with E-state index in [1.807, 2.05) is 0 Å². The predicted octanol–water partition coefficient (Wildman–Crippen LogP) is 1.62. The fourth-order valence-electron chi connectivity index (χ4n) is 1.75. The van der Waals surface area contributed by atoms with E-state index in [-0.39, 0.29) is 17.4 Å². The second-order valence-corrected chi connectivity index (χ2v) is 4.87. The highest BCUT2D eigenvalue weighted by Gasteiger charge is 2.25. The molecule has 1 aromatic carbocycles. The van der Waals surface area contributed by atoms with E-state index in [4.69, 9.17) is 0 Å². The second-order valence-electron chi connectivity index (χ2n) is 4.87. The lowest BCUT2D eigenvalue weighted by Gasteiger charge is -2.26. The lowest BCUT2D eigenvalue weighted by Crippen LogP contribution is -2.41. The van der Waals surface area contributed by atoms with Crippen LogP contribution in [0.1, 0.15) is 29.9 Å². The summed E-state index contributed by atoms with van der Waals surface area (Å²) < 4.78 is 14.7. The summed E-state index contributed by atoms with van der Waals surface area (Å²) in [5, 5.41) is 10.2. The molecule has 0 saturated carbocycles. The van der Waals surface area contributed by atoms with E-state index in [1.54, 1.807) is 33.0 Å². The first-order valence-electron chi connectivity index (χ1n) is 5.83. The Morgan fingerprint density at radius 3 is 2.74 bits per heavy atom. The van der Waals surface area contributed by atoms with Crippen molar-refractivity contribution in [1.29, 1.82) is 0 Å². The van der Waals surface area contributed by atoms with Crippen molar-refractivity contribution in [3.8, 4) is 0 Å². The van der Waals surface area contributed by atoms with Crippen LogP contribution in [0.3, 0.4) is 0 Å². The van der Waals surface area contributed by atoms with Crippen LogP contribution in [0.4, 0.5) is 4.39 Å². The summed E-state index contributed by atoms with van der Waals surface area (Å²) in [5.74, 6) is -0.679. The van der Waals surface area contributed by atoms with Crippen molar-refractivity contribution in [2.75, 3.05) is 0 Å². The number of halogens is 1. The number of hydrogen-bond acceptors (Lipinski definition) is 3. The molecule has 0 spiro atoms. The van der Waals surface area contributed by atoms with E-state index in [0.29, 0.717) is 5.56 Å². The molecule has 19 heavy (non-hydrogen) atoms. The third-order valence-electron chi connectivity index (χ3n) is 2.81. The highest BCUT2D eigenvalue weighted by molar-refractivity contribution is 5.92. The van der Waals surface area contributed by atoms with Gasteiger partial charge in [-0.1, -0.05) is 17.3 Å². The minimum Gasteiger partial charge on any atom is -0.342 e. The van der Waals surface area contributed by atoms with Gasteiger partial charge < -0.3 is 5.32 Å². The van der Waals surface area contributed by atoms with Crippen LogP contribution >= 0.6 is 0 Å². The van der Waals surface area contributed by atoms with Gasteiger partial charge in [-0.2, -0.15) is 0 Å². The molecular weight excluding hydrogens is 247 g/mol. The fourth-order valence-corrected chi connectivity index (χ4v) is 1.75. The summed E-state index contributed by atoms with van der Waals surface area (Å²) in [4.78, 5) is 12.0. The van der Waals surface area contributed by atoms with Gasteiger partial charge in [-0.25, -0.2) is 4.39 Å². The van der Waals surface area contributed by atoms with Crippen LogP contribution in [-0.2, 0) is 12.6 Å². The summed E-state index contributed by atoms with van der Waals surface area (Å²) in [7, 11) is 1.68. The Labute approximate surface area is 110 Å². The van der Waals surface area contributed by atoms with Gasteiger partial charge in [-0.3, -0.25) is 9.48 Å². The maximum absolute atomic E-state index is 13.2. The van der Waals surface area contributed by atoms with Crippen LogP contribution < -0.4 is 5.32 Å². The molecule has 0 aliphatic carbocycles. The van der Waals surface area contributed by atoms with Crippen molar-refractivity contribution in [3.05, 3.63) is 47.5 Å². The zero-order valence-corrected chi connectivity index (χ0v) is 11.0. The summed E-state index contributed by atoms with van der Waals surface area (Å²) in [6.07, 6.45) is 1.52. The number of hydrogen-bond donors (Lipinski definition) is 1. The van der Waals surface area contributed by atoms with Crippen molar-refractivity contribution in [2.24, 2.45) is 7.05 Å². The summed E-state index contributed by atoms with van der Waals surface area (Å²) >= 11 is 0. The number of nitrogens with zero attached hydrogens (tertiary/aromatic N) is 3. The maximum Gasteiger partial charge on any atom is 0.274 e. The Morgan fingerprint density at radius 2 is 2.16 bits per heavy atom. The zero-order chi connectivity index (χ0) is 14.0. The second kappa shape index (κ2) is 4.79. The van der Waals surface area contributed by atoms with E-state index in [1.165, 1.54) is 23.0 Å². The first kappa shape index (κ1) is 13.2. The minimum atomic E-state index is -0.698. The van der Waals surface area contributed by atoms with Crippen molar-refractivity contribution >= 4 is 5.91 Å². The summed E-state index contributed by atoms with van der Waals surface area (Å²) in [5.41, 5.74) is 0.216. The highest BCUT2D eigenvalue weighted by atomic mass is 19.1. The molecule has 100 valence electrons. The lowest BCUT2D eigenvalue weighted by molar-refractivity contribution is 0.0906. The van der Waals surface area contributed by atoms with Crippen molar-refractivity contribution in [1.82, 2.24) is 20.3 Å². The van der Waals surface area contributed by atoms with Gasteiger partial charge in [-0.15, -0.1) is 5.10 Å². The normalized spacial score (nSPS) is 11.4. The van der Waals surface area contributed by atoms with Gasteiger partial charge in [0.05, 0.1) is 11.7 Å². The smallest absolute Gasteiger partial charge is 0.274 e. The molecule has 2 aromatic rings. The van der Waals surface area contributed by atoms with Gasteiger partial charge >= 0.3 is 0 Å². The monoisotopic (exact) mass is 262 g/mol. The Bertz CT molecular complexity index is 606. The predicted molar refractivity (Wildman–Crippen MR) is 67.9 cm³/mol. The molecule has 0 aliphatic rings. The molecule has 1 amide bonds. The average Bonchev–Trinajstić information content (AvgIpc) is 2.75. The van der Waals surface area contributed by atoms with Crippen molar-refractivity contribution in [2.45, 2.75) is 19.4 Å². The molecule has 0 fully saturated rings. The van der Waals surface area contributed by atoms with Crippen LogP contribution in [0.5, 0.6) is 0 Å². The van der Waals surface area contributed by atoms with Gasteiger partial charge in [0.2, 0.25) is 0 Å². The van der Waals surface area contributed by atoms with Crippen molar-refractivity contribution in [3.63, 3.8) is 0 Å². The van der Waals surface area contributed by atoms with Gasteiger partial charge in [0.15, 0.2) is 5.69 Å². The molecule has 1 heterocycles. The minimum absolute atomic E-state index is 0.229. The number of amides is 1. The average molecular weight is 262 g/mol. The number of benzene rings is 1. The molecule has 0 unspecified atom stereocenters. The third-order valence-corrected chi connectivity index (χ3v) is 2.81. The number of aromatic nitrogens is 3. The molecule has 0 aliphatic heterocycles. The summed E-state index contributed by atoms with van der Waals surface area (Å²) in [6.45, 7) is 3.60. The van der Waals surface area contributed by atoms with Crippen LogP contribution in [0.15, 0.2) is 30.5 Å². The maximum atomic E-state index is 13.2. The number of carbonyl (C=O) groups is 1. The first-order chi connectivity index (χ1) is 8.88. The molecule has 0 radical (unpaired) electrons. The SMILES string of the molecule is Cn1cc(C(=O)NC(C)(C)c2cccc(F)c2)nn1. The quantitative estimate of drug-likeness (QED) is 0.914. The first-order valence-corrected chi connectivity index (χ1v) is 5.83. The standard InChI is InChI=1S/C13H15FN4O/c1-13(2,9-5-4-6-10(14)7-9)15-12(19)11-8-18(3)17-16-11/h4-8H,1-3H3,(H,15,19). The van der Waals surface area contributed by atoms with Gasteiger partial charge in [0.25, 0.3) is 5.91 Å². The molecule has 2 rings (SSSR count). The van der Waals surface area contributed by atoms with Crippen molar-refractivity contribution < 1.29 is 9.18 Å². The van der Waals surface area contributed by atoms with E-state index < -0.39 is 5.54 Å². The Morgan fingerprint density at radius 1 is 1.42 bits per heavy atom. The Hall–Kier alpha value is -2.24.